The van der Waals surface area contributed by atoms with Gasteiger partial charge >= 0.3 is 5.97 Å². The molecule has 2 saturated heterocycles. The number of carbonyl (C=O) groups excluding carboxylic acids is 1. The highest BCUT2D eigenvalue weighted by Gasteiger charge is 2.41. The molecule has 0 saturated carbocycles. The quantitative estimate of drug-likeness (QED) is 0.763. The Bertz CT molecular complexity index is 298. The van der Waals surface area contributed by atoms with Gasteiger partial charge in [0.2, 0.25) is 0 Å². The number of carbonyl (C=O) groups is 1. The second-order valence-corrected chi connectivity index (χ2v) is 6.14. The number of hydrogen-bond acceptors (Lipinski definition) is 4. The third kappa shape index (κ3) is 3.19. The van der Waals surface area contributed by atoms with E-state index < -0.39 is 5.60 Å². The zero-order chi connectivity index (χ0) is 12.6. The fourth-order valence-electron chi connectivity index (χ4n) is 2.59. The van der Waals surface area contributed by atoms with Crippen LogP contribution in [0.15, 0.2) is 0 Å². The Labute approximate surface area is 103 Å². The van der Waals surface area contributed by atoms with Crippen molar-refractivity contribution in [3.8, 4) is 0 Å². The smallest absolute Gasteiger partial charge is 0.323 e. The van der Waals surface area contributed by atoms with Crippen molar-refractivity contribution in [2.75, 3.05) is 0 Å². The standard InChI is InChI=1S/C13H23NO3/c1-8(12(15)17-13(2,3)4)14-10-7-9-5-6-11(10)16-9/h8-11,14H,5-7H2,1-4H3. The SMILES string of the molecule is CC(NC1CC2CCC1O2)C(=O)OC(C)(C)C. The van der Waals surface area contributed by atoms with Gasteiger partial charge in [-0.15, -0.1) is 0 Å². The molecule has 4 atom stereocenters. The highest BCUT2D eigenvalue weighted by molar-refractivity contribution is 5.75. The van der Waals surface area contributed by atoms with Gasteiger partial charge in [0.25, 0.3) is 0 Å². The molecule has 4 nitrogen and oxygen atoms in total. The number of nitrogens with one attached hydrogen (secondary N) is 1. The van der Waals surface area contributed by atoms with E-state index in [9.17, 15) is 4.79 Å². The molecule has 2 fully saturated rings. The number of rotatable bonds is 3. The van der Waals surface area contributed by atoms with Crippen molar-refractivity contribution in [3.63, 3.8) is 0 Å². The van der Waals surface area contributed by atoms with Crippen LogP contribution in [0.3, 0.4) is 0 Å². The van der Waals surface area contributed by atoms with Crippen LogP contribution in [0.1, 0.15) is 47.0 Å². The molecular formula is C13H23NO3. The lowest BCUT2D eigenvalue weighted by molar-refractivity contribution is -0.157. The van der Waals surface area contributed by atoms with Gasteiger partial charge in [0.15, 0.2) is 0 Å². The summed E-state index contributed by atoms with van der Waals surface area (Å²) in [6.07, 6.45) is 4.01. The van der Waals surface area contributed by atoms with Crippen LogP contribution in [0.2, 0.25) is 0 Å². The van der Waals surface area contributed by atoms with E-state index in [0.29, 0.717) is 18.2 Å². The summed E-state index contributed by atoms with van der Waals surface area (Å²) in [5, 5.41) is 3.33. The Morgan fingerprint density at radius 1 is 1.41 bits per heavy atom. The molecule has 2 aliphatic rings. The maximum atomic E-state index is 11.8. The lowest BCUT2D eigenvalue weighted by atomic mass is 9.95. The third-order valence-electron chi connectivity index (χ3n) is 3.33. The second-order valence-electron chi connectivity index (χ2n) is 6.14. The van der Waals surface area contributed by atoms with Gasteiger partial charge in [-0.1, -0.05) is 0 Å². The van der Waals surface area contributed by atoms with E-state index in [-0.39, 0.29) is 12.0 Å². The van der Waals surface area contributed by atoms with Gasteiger partial charge in [-0.2, -0.15) is 0 Å². The summed E-state index contributed by atoms with van der Waals surface area (Å²) in [5.74, 6) is -0.180. The van der Waals surface area contributed by atoms with Gasteiger partial charge < -0.3 is 9.47 Å². The fourth-order valence-corrected chi connectivity index (χ4v) is 2.59. The molecule has 1 N–H and O–H groups in total. The molecule has 4 heteroatoms. The van der Waals surface area contributed by atoms with Crippen molar-refractivity contribution in [1.82, 2.24) is 5.32 Å². The van der Waals surface area contributed by atoms with Crippen molar-refractivity contribution in [1.29, 1.82) is 0 Å². The normalized spacial score (nSPS) is 33.8. The Kier molecular flexibility index (Phi) is 3.46. The summed E-state index contributed by atoms with van der Waals surface area (Å²) in [4.78, 5) is 11.8. The van der Waals surface area contributed by atoms with E-state index in [0.717, 1.165) is 12.8 Å². The summed E-state index contributed by atoms with van der Waals surface area (Å²) >= 11 is 0. The Morgan fingerprint density at radius 2 is 2.12 bits per heavy atom. The molecule has 4 unspecified atom stereocenters. The van der Waals surface area contributed by atoms with Crippen molar-refractivity contribution in [2.24, 2.45) is 0 Å². The first-order valence-corrected chi connectivity index (χ1v) is 6.49. The van der Waals surface area contributed by atoms with E-state index in [1.165, 1.54) is 6.42 Å². The molecule has 0 aromatic heterocycles. The zero-order valence-corrected chi connectivity index (χ0v) is 11.2. The van der Waals surface area contributed by atoms with Crippen molar-refractivity contribution < 1.29 is 14.3 Å². The Balaban J connectivity index is 1.81. The van der Waals surface area contributed by atoms with Crippen LogP contribution in [0, 0.1) is 0 Å². The third-order valence-corrected chi connectivity index (χ3v) is 3.33. The Hall–Kier alpha value is -0.610. The van der Waals surface area contributed by atoms with Crippen LogP contribution < -0.4 is 5.32 Å². The average Bonchev–Trinajstić information content (AvgIpc) is 2.76. The van der Waals surface area contributed by atoms with Crippen LogP contribution >= 0.6 is 0 Å². The summed E-state index contributed by atoms with van der Waals surface area (Å²) in [6.45, 7) is 7.52. The van der Waals surface area contributed by atoms with Crippen LogP contribution in [0.25, 0.3) is 0 Å². The molecule has 2 aliphatic heterocycles. The first-order valence-electron chi connectivity index (χ1n) is 6.49. The molecule has 98 valence electrons. The topological polar surface area (TPSA) is 47.6 Å². The summed E-state index contributed by atoms with van der Waals surface area (Å²) in [6, 6.07) is 0.0541. The van der Waals surface area contributed by atoms with Gasteiger partial charge in [-0.25, -0.2) is 0 Å². The number of esters is 1. The minimum absolute atomic E-state index is 0.180. The van der Waals surface area contributed by atoms with Crippen LogP contribution in [-0.2, 0) is 14.3 Å². The minimum atomic E-state index is -0.418. The van der Waals surface area contributed by atoms with E-state index in [1.54, 1.807) is 0 Å². The van der Waals surface area contributed by atoms with Gasteiger partial charge in [0.05, 0.1) is 12.2 Å². The average molecular weight is 241 g/mol. The van der Waals surface area contributed by atoms with Crippen LogP contribution in [0.5, 0.6) is 0 Å². The molecule has 2 heterocycles. The zero-order valence-electron chi connectivity index (χ0n) is 11.2. The molecule has 0 aliphatic carbocycles. The van der Waals surface area contributed by atoms with Gasteiger partial charge in [0.1, 0.15) is 11.6 Å². The van der Waals surface area contributed by atoms with Crippen molar-refractivity contribution in [3.05, 3.63) is 0 Å². The molecular weight excluding hydrogens is 218 g/mol. The van der Waals surface area contributed by atoms with Crippen LogP contribution in [0.4, 0.5) is 0 Å². The monoisotopic (exact) mass is 241 g/mol. The highest BCUT2D eigenvalue weighted by atomic mass is 16.6. The fraction of sp³-hybridized carbons (Fsp3) is 0.923. The summed E-state index contributed by atoms with van der Waals surface area (Å²) in [7, 11) is 0. The lowest BCUT2D eigenvalue weighted by Crippen LogP contribution is -2.47. The predicted octanol–water partition coefficient (Wildman–Crippen LogP) is 1.63. The first kappa shape index (κ1) is 12.8. The molecule has 2 rings (SSSR count). The van der Waals surface area contributed by atoms with Crippen molar-refractivity contribution in [2.45, 2.75) is 76.9 Å². The van der Waals surface area contributed by atoms with Gasteiger partial charge in [-0.05, 0) is 47.0 Å². The minimum Gasteiger partial charge on any atom is -0.459 e. The van der Waals surface area contributed by atoms with Gasteiger partial charge in [0, 0.05) is 6.04 Å². The summed E-state index contributed by atoms with van der Waals surface area (Å²) in [5.41, 5.74) is -0.418. The maximum Gasteiger partial charge on any atom is 0.323 e. The van der Waals surface area contributed by atoms with Crippen molar-refractivity contribution >= 4 is 5.97 Å². The molecule has 2 bridgehead atoms. The number of hydrogen-bond donors (Lipinski definition) is 1. The van der Waals surface area contributed by atoms with E-state index in [2.05, 4.69) is 5.32 Å². The lowest BCUT2D eigenvalue weighted by Gasteiger charge is -2.26. The molecule has 0 aromatic carbocycles. The maximum absolute atomic E-state index is 11.8. The van der Waals surface area contributed by atoms with E-state index in [4.69, 9.17) is 9.47 Å². The van der Waals surface area contributed by atoms with Crippen LogP contribution in [-0.4, -0.2) is 35.9 Å². The molecule has 0 spiro atoms. The molecule has 0 amide bonds. The second kappa shape index (κ2) is 4.58. The molecule has 0 aromatic rings. The molecule has 17 heavy (non-hydrogen) atoms. The number of ether oxygens (including phenoxy) is 2. The highest BCUT2D eigenvalue weighted by Crippen LogP contribution is 2.34. The number of fused-ring (bicyclic) bond motifs is 2. The largest absolute Gasteiger partial charge is 0.459 e. The van der Waals surface area contributed by atoms with E-state index >= 15 is 0 Å². The van der Waals surface area contributed by atoms with E-state index in [1.807, 2.05) is 27.7 Å². The predicted molar refractivity (Wildman–Crippen MR) is 64.7 cm³/mol. The Morgan fingerprint density at radius 3 is 2.59 bits per heavy atom. The summed E-state index contributed by atoms with van der Waals surface area (Å²) < 4.78 is 11.1. The molecule has 0 radical (unpaired) electrons. The van der Waals surface area contributed by atoms with Gasteiger partial charge in [-0.3, -0.25) is 10.1 Å². The first-order chi connectivity index (χ1) is 7.85.